The maximum atomic E-state index is 13.8. The third kappa shape index (κ3) is 18.1. The van der Waals surface area contributed by atoms with Crippen LogP contribution in [0.25, 0.3) is 78.6 Å². The van der Waals surface area contributed by atoms with Gasteiger partial charge >= 0.3 is 61.8 Å². The summed E-state index contributed by atoms with van der Waals surface area (Å²) >= 11 is 5.75. The molecule has 0 aliphatic rings. The second-order valence-corrected chi connectivity index (χ2v) is 21.2. The van der Waals surface area contributed by atoms with E-state index >= 15 is 0 Å². The number of nitrogens with one attached hydrogen (secondary N) is 4. The maximum absolute atomic E-state index is 13.8. The van der Waals surface area contributed by atoms with Gasteiger partial charge in [0, 0.05) is 75.8 Å². The van der Waals surface area contributed by atoms with Crippen molar-refractivity contribution in [1.29, 1.82) is 0 Å². The van der Waals surface area contributed by atoms with E-state index in [4.69, 9.17) is 32.6 Å². The molecule has 0 saturated heterocycles. The number of aryl methyl sites for hydroxylation is 4. The van der Waals surface area contributed by atoms with Crippen molar-refractivity contribution in [3.63, 3.8) is 0 Å². The summed E-state index contributed by atoms with van der Waals surface area (Å²) in [7, 11) is 12.1. The Bertz CT molecular complexity index is 3980. The van der Waals surface area contributed by atoms with Crippen LogP contribution in [0.1, 0.15) is 41.5 Å². The SMILES string of the molecule is Cn1[c-]ncc1.Cn1c(-c2ccc(F)cc2)c(-c2ccncc2)c2nc(Br)c(NC(=O)CNC(=O)OC(C)(C)C)nc21.Cn1ccnc1-c1nc2c(-c3ccncc3)c(-c3ccc(F)cc3)n(C)c2nc1NC(=O)CNC(=O)OC(C)(C)C.[Cl][Zn+].[O]=[Pd]. The summed E-state index contributed by atoms with van der Waals surface area (Å²) in [6, 6.07) is 19.8. The molecule has 10 rings (SSSR count). The van der Waals surface area contributed by atoms with Crippen LogP contribution in [0.5, 0.6) is 0 Å². The van der Waals surface area contributed by atoms with Crippen LogP contribution in [-0.2, 0) is 87.2 Å². The van der Waals surface area contributed by atoms with E-state index in [1.165, 1.54) is 43.4 Å². The topological polar surface area (TPSA) is 275 Å². The Morgan fingerprint density at radius 3 is 1.40 bits per heavy atom. The predicted octanol–water partition coefficient (Wildman–Crippen LogP) is 10.5. The molecule has 8 heterocycles. The van der Waals surface area contributed by atoms with Gasteiger partial charge in [-0.25, -0.2) is 43.3 Å². The van der Waals surface area contributed by atoms with Gasteiger partial charge in [-0.2, -0.15) is 0 Å². The fourth-order valence-electron chi connectivity index (χ4n) is 8.38. The Morgan fingerprint density at radius 1 is 0.598 bits per heavy atom. The first kappa shape index (κ1) is 67.7. The minimum absolute atomic E-state index is 0.162. The van der Waals surface area contributed by atoms with Gasteiger partial charge in [-0.1, -0.05) is 0 Å². The number of halogens is 4. The van der Waals surface area contributed by atoms with Gasteiger partial charge in [-0.15, -0.1) is 12.4 Å². The zero-order chi connectivity index (χ0) is 63.8. The Kier molecular flexibility index (Phi) is 24.0. The van der Waals surface area contributed by atoms with Crippen molar-refractivity contribution >= 4 is 83.6 Å². The van der Waals surface area contributed by atoms with Crippen LogP contribution in [0, 0.1) is 18.0 Å². The summed E-state index contributed by atoms with van der Waals surface area (Å²) in [4.78, 5) is 84.8. The number of rotatable bonds is 11. The summed E-state index contributed by atoms with van der Waals surface area (Å²) in [6.45, 7) is 9.74. The number of imidazole rings is 2. The Labute approximate surface area is 532 Å². The molecule has 87 heavy (non-hydrogen) atoms. The number of aromatic nitrogens is 12. The van der Waals surface area contributed by atoms with Crippen molar-refractivity contribution in [2.75, 3.05) is 23.7 Å². The molecule has 0 saturated carbocycles. The normalized spacial score (nSPS) is 10.9. The van der Waals surface area contributed by atoms with Crippen molar-refractivity contribution < 1.29 is 77.4 Å². The van der Waals surface area contributed by atoms with Crippen molar-refractivity contribution in [3.05, 3.63) is 145 Å². The van der Waals surface area contributed by atoms with Crippen molar-refractivity contribution in [1.82, 2.24) is 68.8 Å². The van der Waals surface area contributed by atoms with Gasteiger partial charge in [0.05, 0.1) is 11.4 Å². The van der Waals surface area contributed by atoms with Gasteiger partial charge in [-0.3, -0.25) is 19.6 Å². The van der Waals surface area contributed by atoms with E-state index in [9.17, 15) is 28.0 Å². The third-order valence-corrected chi connectivity index (χ3v) is 12.4. The van der Waals surface area contributed by atoms with E-state index in [2.05, 4.69) is 73.4 Å². The average Bonchev–Trinajstić information content (AvgIpc) is 1.64. The molecule has 4 N–H and O–H groups in total. The van der Waals surface area contributed by atoms with Gasteiger partial charge in [0.15, 0.2) is 28.8 Å². The van der Waals surface area contributed by atoms with Crippen molar-refractivity contribution in [2.45, 2.75) is 52.7 Å². The van der Waals surface area contributed by atoms with Crippen LogP contribution in [0.15, 0.2) is 127 Å². The molecule has 0 aliphatic heterocycles. The predicted molar refractivity (Wildman–Crippen MR) is 318 cm³/mol. The zero-order valence-corrected chi connectivity index (χ0v) is 55.6. The number of benzene rings is 2. The number of anilines is 2. The first-order valence-corrected chi connectivity index (χ1v) is 31.3. The molecular weight excluding hydrogens is 1360 g/mol. The van der Waals surface area contributed by atoms with Crippen LogP contribution in [-0.4, -0.2) is 106 Å². The number of pyridine rings is 2. The number of hydrogen-bond acceptors (Lipinski definition) is 15. The molecule has 23 nitrogen and oxygen atoms in total. The monoisotopic (exact) mass is 1410 g/mol. The van der Waals surface area contributed by atoms with E-state index in [1.54, 1.807) is 118 Å². The summed E-state index contributed by atoms with van der Waals surface area (Å²) in [5, 5.41) is 10.3. The molecule has 4 amide bonds. The summed E-state index contributed by atoms with van der Waals surface area (Å²) in [5.41, 5.74) is 7.38. The number of hydrogen-bond donors (Lipinski definition) is 4. The Balaban J connectivity index is 0.000000242. The fraction of sp³-hybridized carbons (Fsp3) is 0.241. The van der Waals surface area contributed by atoms with Gasteiger partial charge in [-0.05, 0) is 160 Å². The van der Waals surface area contributed by atoms with Gasteiger partial charge in [0.1, 0.15) is 57.3 Å². The summed E-state index contributed by atoms with van der Waals surface area (Å²) in [6.07, 6.45) is 14.9. The molecule has 0 radical (unpaired) electrons. The standard InChI is InChI=1S/C29H29FN8O3.C25H24BrFN6O3.C4H5N2.ClH.O.Pd.Zn/c1-29(2,3)41-28(40)33-16-20(39)34-25-23(26-32-14-15-37(26)4)35-22-21(17-10-12-31-13-11-17)24(38(5)27(22)36-25)18-6-8-19(30)9-7-18;1-25(2,3)36-24(35)29-13-17(34)30-22-21(26)31-19-18(14-9-11-28-12-10-14)20(33(4)23(19)32-22)15-5-7-16(27)8-6-15;1-6-3-2-5-4-6;;;;/h6-15H,16H2,1-5H3,(H,33,40)(H,34,36,39);5-12H,13H2,1-4H3,(H,29,35)(H,30,32,34);2-3H,1H3;1H;;;/q;;-1;;;;+2/p-1. The van der Waals surface area contributed by atoms with Crippen LogP contribution < -0.4 is 21.3 Å². The average molecular weight is 1420 g/mol. The van der Waals surface area contributed by atoms with E-state index in [1.807, 2.05) is 67.8 Å². The molecule has 0 unspecified atom stereocenters. The van der Waals surface area contributed by atoms with Gasteiger partial charge in [0.2, 0.25) is 11.8 Å². The van der Waals surface area contributed by atoms with E-state index in [-0.39, 0.29) is 36.4 Å². The fourth-order valence-corrected chi connectivity index (χ4v) is 8.74. The molecular formula is C58H58BrClF2N16O7PdZn. The summed E-state index contributed by atoms with van der Waals surface area (Å²) in [5.74, 6) is -0.896. The van der Waals surface area contributed by atoms with Gasteiger partial charge < -0.3 is 54.0 Å². The Hall–Kier alpha value is -8.40. The quantitative estimate of drug-likeness (QED) is 0.0692. The van der Waals surface area contributed by atoms with E-state index in [0.717, 1.165) is 62.1 Å². The second kappa shape index (κ2) is 30.8. The zero-order valence-electron chi connectivity index (χ0n) is 48.7. The summed E-state index contributed by atoms with van der Waals surface area (Å²) < 4.78 is 53.4. The number of nitrogens with zero attached hydrogens (tertiary/aromatic N) is 12. The molecule has 0 fully saturated rings. The third-order valence-electron chi connectivity index (χ3n) is 11.9. The molecule has 0 bridgehead atoms. The second-order valence-electron chi connectivity index (χ2n) is 20.5. The van der Waals surface area contributed by atoms with Crippen molar-refractivity contribution in [3.8, 4) is 56.3 Å². The van der Waals surface area contributed by atoms with Crippen LogP contribution in [0.3, 0.4) is 0 Å². The minimum atomic E-state index is -0.716. The van der Waals surface area contributed by atoms with Crippen LogP contribution in [0.2, 0.25) is 0 Å². The number of ether oxygens (including phenoxy) is 2. The Morgan fingerprint density at radius 2 is 1.02 bits per heavy atom. The first-order chi connectivity index (χ1) is 41.4. The molecule has 0 aliphatic carbocycles. The molecule has 0 atom stereocenters. The number of amides is 4. The van der Waals surface area contributed by atoms with Crippen LogP contribution in [0.4, 0.5) is 30.0 Å². The van der Waals surface area contributed by atoms with Crippen LogP contribution >= 0.6 is 25.6 Å². The molecule has 10 aromatic rings. The number of alkyl carbamates (subject to hydrolysis) is 2. The number of carbonyl (C=O) groups is 4. The first-order valence-electron chi connectivity index (χ1n) is 26.0. The molecule has 2 aromatic carbocycles. The van der Waals surface area contributed by atoms with E-state index < -0.39 is 35.2 Å². The number of carbonyl (C=O) groups excluding carboxylic acids is 4. The molecule has 29 heteroatoms. The van der Waals surface area contributed by atoms with Gasteiger partial charge in [0.25, 0.3) is 0 Å². The molecule has 8 aromatic heterocycles. The molecule has 452 valence electrons. The van der Waals surface area contributed by atoms with E-state index in [0.29, 0.717) is 38.4 Å². The number of fused-ring (bicyclic) bond motifs is 2. The molecule has 0 spiro atoms. The van der Waals surface area contributed by atoms with Crippen molar-refractivity contribution in [2.24, 2.45) is 28.2 Å².